The summed E-state index contributed by atoms with van der Waals surface area (Å²) in [7, 11) is 0. The van der Waals surface area contributed by atoms with E-state index in [1.165, 1.54) is 31.5 Å². The molecule has 0 radical (unpaired) electrons. The molecule has 0 amide bonds. The number of para-hydroxylation sites is 1. The van der Waals surface area contributed by atoms with Gasteiger partial charge in [-0.3, -0.25) is 4.98 Å². The van der Waals surface area contributed by atoms with Crippen LogP contribution in [0.1, 0.15) is 55.1 Å². The number of pyridine rings is 1. The molecule has 3 aromatic rings. The Labute approximate surface area is 161 Å². The lowest BCUT2D eigenvalue weighted by molar-refractivity contribution is -0.141. The number of anilines is 1. The van der Waals surface area contributed by atoms with E-state index in [9.17, 15) is 13.2 Å². The van der Waals surface area contributed by atoms with Crippen LogP contribution in [0.4, 0.5) is 19.0 Å². The number of nitrogens with zero attached hydrogens (tertiary/aromatic N) is 3. The molecule has 0 bridgehead atoms. The molecule has 2 heterocycles. The van der Waals surface area contributed by atoms with Crippen LogP contribution >= 0.6 is 0 Å². The van der Waals surface area contributed by atoms with Crippen LogP contribution in [0.25, 0.3) is 10.9 Å². The summed E-state index contributed by atoms with van der Waals surface area (Å²) in [4.78, 5) is 13.1. The van der Waals surface area contributed by atoms with Gasteiger partial charge in [0.15, 0.2) is 0 Å². The molecule has 1 aliphatic carbocycles. The molecule has 0 spiro atoms. The van der Waals surface area contributed by atoms with E-state index in [2.05, 4.69) is 10.3 Å². The SMILES string of the molecule is FC(F)(F)c1ccc(CNc2nc(C3CCCCC3)nc3ccccc23)cn1. The third-order valence-electron chi connectivity index (χ3n) is 5.17. The zero-order valence-electron chi connectivity index (χ0n) is 15.3. The number of aromatic nitrogens is 3. The van der Waals surface area contributed by atoms with Crippen molar-refractivity contribution in [2.45, 2.75) is 50.7 Å². The number of nitrogens with one attached hydrogen (secondary N) is 1. The van der Waals surface area contributed by atoms with E-state index in [4.69, 9.17) is 9.97 Å². The fourth-order valence-electron chi connectivity index (χ4n) is 3.66. The molecule has 146 valence electrons. The number of halogens is 3. The first-order chi connectivity index (χ1) is 13.5. The Balaban J connectivity index is 1.58. The summed E-state index contributed by atoms with van der Waals surface area (Å²) >= 11 is 0. The van der Waals surface area contributed by atoms with Crippen LogP contribution in [0.5, 0.6) is 0 Å². The lowest BCUT2D eigenvalue weighted by Crippen LogP contribution is -2.12. The van der Waals surface area contributed by atoms with Gasteiger partial charge in [0.25, 0.3) is 0 Å². The molecule has 1 saturated carbocycles. The fourth-order valence-corrected chi connectivity index (χ4v) is 3.66. The first-order valence-electron chi connectivity index (χ1n) is 9.53. The third kappa shape index (κ3) is 4.08. The van der Waals surface area contributed by atoms with Gasteiger partial charge in [-0.05, 0) is 36.6 Å². The Hall–Kier alpha value is -2.70. The van der Waals surface area contributed by atoms with Gasteiger partial charge in [0.05, 0.1) is 5.52 Å². The molecule has 1 fully saturated rings. The summed E-state index contributed by atoms with van der Waals surface area (Å²) in [6.07, 6.45) is 2.67. The molecular formula is C21H21F3N4. The molecule has 4 rings (SSSR count). The largest absolute Gasteiger partial charge is 0.433 e. The highest BCUT2D eigenvalue weighted by Crippen LogP contribution is 2.33. The Morgan fingerprint density at radius 2 is 1.75 bits per heavy atom. The van der Waals surface area contributed by atoms with Gasteiger partial charge in [-0.15, -0.1) is 0 Å². The molecular weight excluding hydrogens is 365 g/mol. The molecule has 0 unspecified atom stereocenters. The van der Waals surface area contributed by atoms with Crippen LogP contribution in [-0.2, 0) is 12.7 Å². The second-order valence-electron chi connectivity index (χ2n) is 7.19. The van der Waals surface area contributed by atoms with Crippen molar-refractivity contribution in [3.63, 3.8) is 0 Å². The van der Waals surface area contributed by atoms with Crippen LogP contribution in [0.2, 0.25) is 0 Å². The molecule has 7 heteroatoms. The van der Waals surface area contributed by atoms with Crippen molar-refractivity contribution in [2.75, 3.05) is 5.32 Å². The molecule has 0 aliphatic heterocycles. The first kappa shape index (κ1) is 18.7. The number of alkyl halides is 3. The highest BCUT2D eigenvalue weighted by atomic mass is 19.4. The first-order valence-corrected chi connectivity index (χ1v) is 9.53. The van der Waals surface area contributed by atoms with Gasteiger partial charge in [0.1, 0.15) is 17.3 Å². The average Bonchev–Trinajstić information content (AvgIpc) is 2.72. The maximum absolute atomic E-state index is 12.7. The Bertz CT molecular complexity index is 948. The Morgan fingerprint density at radius 3 is 2.46 bits per heavy atom. The van der Waals surface area contributed by atoms with Crippen LogP contribution in [0.3, 0.4) is 0 Å². The predicted molar refractivity (Wildman–Crippen MR) is 102 cm³/mol. The minimum Gasteiger partial charge on any atom is -0.365 e. The third-order valence-corrected chi connectivity index (χ3v) is 5.17. The summed E-state index contributed by atoms with van der Waals surface area (Å²) < 4.78 is 38.0. The highest BCUT2D eigenvalue weighted by molar-refractivity contribution is 5.89. The normalized spacial score (nSPS) is 15.7. The van der Waals surface area contributed by atoms with Crippen molar-refractivity contribution in [2.24, 2.45) is 0 Å². The van der Waals surface area contributed by atoms with E-state index in [-0.39, 0.29) is 0 Å². The number of benzene rings is 1. The molecule has 28 heavy (non-hydrogen) atoms. The topological polar surface area (TPSA) is 50.7 Å². The molecule has 1 N–H and O–H groups in total. The molecule has 0 atom stereocenters. The van der Waals surface area contributed by atoms with Crippen molar-refractivity contribution in [3.8, 4) is 0 Å². The van der Waals surface area contributed by atoms with Gasteiger partial charge < -0.3 is 5.32 Å². The van der Waals surface area contributed by atoms with Crippen molar-refractivity contribution < 1.29 is 13.2 Å². The van der Waals surface area contributed by atoms with Crippen LogP contribution in [0, 0.1) is 0 Å². The maximum Gasteiger partial charge on any atom is 0.433 e. The molecule has 4 nitrogen and oxygen atoms in total. The monoisotopic (exact) mass is 386 g/mol. The predicted octanol–water partition coefficient (Wildman–Crippen LogP) is 5.70. The van der Waals surface area contributed by atoms with Crippen LogP contribution in [0.15, 0.2) is 42.6 Å². The van der Waals surface area contributed by atoms with E-state index in [1.807, 2.05) is 24.3 Å². The minimum absolute atomic E-state index is 0.344. The van der Waals surface area contributed by atoms with E-state index in [0.717, 1.165) is 35.6 Å². The van der Waals surface area contributed by atoms with Crippen LogP contribution in [-0.4, -0.2) is 15.0 Å². The smallest absolute Gasteiger partial charge is 0.365 e. The van der Waals surface area contributed by atoms with Gasteiger partial charge in [-0.1, -0.05) is 37.5 Å². The van der Waals surface area contributed by atoms with Gasteiger partial charge in [-0.25, -0.2) is 9.97 Å². The van der Waals surface area contributed by atoms with Crippen molar-refractivity contribution in [3.05, 3.63) is 59.7 Å². The molecule has 0 saturated heterocycles. The van der Waals surface area contributed by atoms with E-state index in [0.29, 0.717) is 23.8 Å². The summed E-state index contributed by atoms with van der Waals surface area (Å²) in [5.41, 5.74) is 0.657. The zero-order valence-corrected chi connectivity index (χ0v) is 15.3. The summed E-state index contributed by atoms with van der Waals surface area (Å²) in [6, 6.07) is 10.2. The number of rotatable bonds is 4. The van der Waals surface area contributed by atoms with E-state index < -0.39 is 11.9 Å². The van der Waals surface area contributed by atoms with E-state index in [1.54, 1.807) is 0 Å². The number of hydrogen-bond donors (Lipinski definition) is 1. The maximum atomic E-state index is 12.7. The summed E-state index contributed by atoms with van der Waals surface area (Å²) in [5, 5.41) is 4.17. The van der Waals surface area contributed by atoms with Crippen molar-refractivity contribution in [1.29, 1.82) is 0 Å². The Kier molecular flexibility index (Phi) is 5.15. The van der Waals surface area contributed by atoms with Gasteiger partial charge in [0, 0.05) is 24.0 Å². The molecule has 1 aromatic carbocycles. The quantitative estimate of drug-likeness (QED) is 0.625. The van der Waals surface area contributed by atoms with Gasteiger partial charge in [-0.2, -0.15) is 13.2 Å². The lowest BCUT2D eigenvalue weighted by Gasteiger charge is -2.21. The van der Waals surface area contributed by atoms with E-state index >= 15 is 0 Å². The Morgan fingerprint density at radius 1 is 0.964 bits per heavy atom. The average molecular weight is 386 g/mol. The standard InChI is InChI=1S/C21H21F3N4/c22-21(23,24)18-11-10-14(12-25-18)13-26-20-16-8-4-5-9-17(16)27-19(28-20)15-6-2-1-3-7-15/h4-5,8-12,15H,1-3,6-7,13H2,(H,26,27,28). The highest BCUT2D eigenvalue weighted by Gasteiger charge is 2.32. The van der Waals surface area contributed by atoms with Crippen molar-refractivity contribution >= 4 is 16.7 Å². The number of fused-ring (bicyclic) bond motifs is 1. The summed E-state index contributed by atoms with van der Waals surface area (Å²) in [6.45, 7) is 0.344. The van der Waals surface area contributed by atoms with Crippen molar-refractivity contribution in [1.82, 2.24) is 15.0 Å². The molecule has 1 aliphatic rings. The van der Waals surface area contributed by atoms with Gasteiger partial charge >= 0.3 is 6.18 Å². The minimum atomic E-state index is -4.43. The fraction of sp³-hybridized carbons (Fsp3) is 0.381. The number of hydrogen-bond acceptors (Lipinski definition) is 4. The second-order valence-corrected chi connectivity index (χ2v) is 7.19. The second kappa shape index (κ2) is 7.73. The van der Waals surface area contributed by atoms with Crippen LogP contribution < -0.4 is 5.32 Å². The van der Waals surface area contributed by atoms with Gasteiger partial charge in [0.2, 0.25) is 0 Å². The summed E-state index contributed by atoms with van der Waals surface area (Å²) in [5.74, 6) is 1.93. The zero-order chi connectivity index (χ0) is 19.6. The lowest BCUT2D eigenvalue weighted by atomic mass is 9.88. The molecule has 2 aromatic heterocycles.